The van der Waals surface area contributed by atoms with E-state index in [9.17, 15) is 0 Å². The molecule has 2 aromatic carbocycles. The van der Waals surface area contributed by atoms with Crippen LogP contribution in [0.15, 0.2) is 60.8 Å². The Hall–Kier alpha value is -3.29. The van der Waals surface area contributed by atoms with Crippen LogP contribution < -0.4 is 18.9 Å². The van der Waals surface area contributed by atoms with E-state index >= 15 is 0 Å². The number of pyridine rings is 1. The first kappa shape index (κ1) is 23.9. The van der Waals surface area contributed by atoms with Gasteiger partial charge in [0.2, 0.25) is 0 Å². The zero-order valence-electron chi connectivity index (χ0n) is 20.4. The van der Waals surface area contributed by atoms with Crippen molar-refractivity contribution in [2.24, 2.45) is 0 Å². The molecule has 0 bridgehead atoms. The van der Waals surface area contributed by atoms with E-state index in [0.717, 1.165) is 72.4 Å². The lowest BCUT2D eigenvalue weighted by molar-refractivity contribution is -0.0123. The van der Waals surface area contributed by atoms with Crippen molar-refractivity contribution in [2.75, 3.05) is 41.5 Å². The van der Waals surface area contributed by atoms with Crippen LogP contribution in [0.25, 0.3) is 0 Å². The Bertz CT molecular complexity index is 1010. The summed E-state index contributed by atoms with van der Waals surface area (Å²) in [6, 6.07) is 18.1. The van der Waals surface area contributed by atoms with Crippen molar-refractivity contribution in [3.8, 4) is 23.0 Å². The third-order valence-corrected chi connectivity index (χ3v) is 6.27. The number of hydrogen-bond donors (Lipinski definition) is 0. The van der Waals surface area contributed by atoms with E-state index in [2.05, 4.69) is 34.1 Å². The highest BCUT2D eigenvalue weighted by molar-refractivity contribution is 5.42. The molecule has 2 heterocycles. The Labute approximate surface area is 201 Å². The van der Waals surface area contributed by atoms with Gasteiger partial charge in [0.05, 0.1) is 34.1 Å². The topological polar surface area (TPSA) is 56.3 Å². The predicted octanol–water partition coefficient (Wildman–Crippen LogP) is 4.52. The fourth-order valence-electron chi connectivity index (χ4n) is 4.59. The molecule has 0 saturated carbocycles. The fraction of sp³-hybridized carbons (Fsp3) is 0.370. The van der Waals surface area contributed by atoms with E-state index < -0.39 is 0 Å². The molecule has 7 nitrogen and oxygen atoms in total. The van der Waals surface area contributed by atoms with Crippen molar-refractivity contribution in [1.29, 1.82) is 0 Å². The molecule has 3 aromatic rings. The largest absolute Gasteiger partial charge is 0.497 e. The van der Waals surface area contributed by atoms with Gasteiger partial charge in [-0.05, 0) is 30.7 Å². The molecule has 0 spiro atoms. The Morgan fingerprint density at radius 1 is 0.735 bits per heavy atom. The van der Waals surface area contributed by atoms with Crippen LogP contribution in [0.5, 0.6) is 23.0 Å². The molecular weight excluding hydrogens is 430 g/mol. The summed E-state index contributed by atoms with van der Waals surface area (Å²) in [5.41, 5.74) is 3.27. The third kappa shape index (κ3) is 5.26. The molecule has 1 aliphatic rings. The summed E-state index contributed by atoms with van der Waals surface area (Å²) in [7, 11) is 6.74. The van der Waals surface area contributed by atoms with Crippen LogP contribution in [0.3, 0.4) is 0 Å². The molecule has 4 rings (SSSR count). The van der Waals surface area contributed by atoms with Gasteiger partial charge in [-0.3, -0.25) is 14.8 Å². The molecule has 0 atom stereocenters. The molecule has 0 unspecified atom stereocenters. The highest BCUT2D eigenvalue weighted by atomic mass is 16.5. The fourth-order valence-corrected chi connectivity index (χ4v) is 4.59. The smallest absolute Gasteiger partial charge is 0.127 e. The van der Waals surface area contributed by atoms with E-state index in [4.69, 9.17) is 23.9 Å². The Morgan fingerprint density at radius 3 is 1.74 bits per heavy atom. The van der Waals surface area contributed by atoms with Crippen molar-refractivity contribution in [3.63, 3.8) is 0 Å². The average molecular weight is 464 g/mol. The van der Waals surface area contributed by atoms with Gasteiger partial charge in [0.25, 0.3) is 0 Å². The zero-order valence-corrected chi connectivity index (χ0v) is 20.4. The second-order valence-electron chi connectivity index (χ2n) is 8.28. The number of hydrogen-bond acceptors (Lipinski definition) is 7. The van der Waals surface area contributed by atoms with E-state index in [0.29, 0.717) is 0 Å². The van der Waals surface area contributed by atoms with Crippen LogP contribution in [0.2, 0.25) is 0 Å². The number of nitrogens with zero attached hydrogens (tertiary/aromatic N) is 3. The van der Waals surface area contributed by atoms with Gasteiger partial charge >= 0.3 is 0 Å². The van der Waals surface area contributed by atoms with Gasteiger partial charge in [0.15, 0.2) is 0 Å². The lowest BCUT2D eigenvalue weighted by atomic mass is 10.1. The van der Waals surface area contributed by atoms with Crippen LogP contribution >= 0.6 is 0 Å². The Kier molecular flexibility index (Phi) is 7.87. The molecule has 1 fully saturated rings. The number of ether oxygens (including phenoxy) is 4. The van der Waals surface area contributed by atoms with Gasteiger partial charge in [-0.1, -0.05) is 18.2 Å². The summed E-state index contributed by atoms with van der Waals surface area (Å²) in [4.78, 5) is 9.67. The SMILES string of the molecule is COc1ccc(CN2CCCN(Cc3ccc(OC)cc3OC)C2c2ccccn2)c(OC)c1. The van der Waals surface area contributed by atoms with Crippen LogP contribution in [-0.2, 0) is 13.1 Å². The Morgan fingerprint density at radius 2 is 1.29 bits per heavy atom. The predicted molar refractivity (Wildman–Crippen MR) is 132 cm³/mol. The number of aromatic nitrogens is 1. The van der Waals surface area contributed by atoms with Crippen molar-refractivity contribution in [3.05, 3.63) is 77.6 Å². The standard InChI is InChI=1S/C27H33N3O4/c1-31-22-11-9-20(25(16-22)33-3)18-29-14-7-15-30(27(29)24-8-5-6-13-28-24)19-21-10-12-23(32-2)17-26(21)34-4/h5-6,8-13,16-17,27H,7,14-15,18-19H2,1-4H3. The van der Waals surface area contributed by atoms with E-state index in [1.54, 1.807) is 28.4 Å². The highest BCUT2D eigenvalue weighted by Gasteiger charge is 2.32. The highest BCUT2D eigenvalue weighted by Crippen LogP contribution is 2.35. The number of benzene rings is 2. The minimum Gasteiger partial charge on any atom is -0.497 e. The quantitative estimate of drug-likeness (QED) is 0.462. The van der Waals surface area contributed by atoms with Gasteiger partial charge in [-0.25, -0.2) is 0 Å². The van der Waals surface area contributed by atoms with E-state index in [1.165, 1.54) is 0 Å². The first-order valence-corrected chi connectivity index (χ1v) is 11.5. The maximum Gasteiger partial charge on any atom is 0.127 e. The lowest BCUT2D eigenvalue weighted by Crippen LogP contribution is -2.47. The van der Waals surface area contributed by atoms with Gasteiger partial charge in [-0.15, -0.1) is 0 Å². The summed E-state index contributed by atoms with van der Waals surface area (Å²) in [5.74, 6) is 3.23. The van der Waals surface area contributed by atoms with Crippen LogP contribution in [-0.4, -0.2) is 56.3 Å². The Balaban J connectivity index is 1.65. The molecule has 1 saturated heterocycles. The summed E-state index contributed by atoms with van der Waals surface area (Å²) < 4.78 is 22.1. The van der Waals surface area contributed by atoms with Gasteiger partial charge < -0.3 is 18.9 Å². The molecule has 180 valence electrons. The molecule has 34 heavy (non-hydrogen) atoms. The molecule has 0 amide bonds. The third-order valence-electron chi connectivity index (χ3n) is 6.27. The van der Waals surface area contributed by atoms with Crippen LogP contribution in [0.1, 0.15) is 29.4 Å². The first-order valence-electron chi connectivity index (χ1n) is 11.5. The summed E-state index contributed by atoms with van der Waals surface area (Å²) in [5, 5.41) is 0. The van der Waals surface area contributed by atoms with Gasteiger partial charge in [0, 0.05) is 55.6 Å². The van der Waals surface area contributed by atoms with E-state index in [1.807, 2.05) is 36.5 Å². The monoisotopic (exact) mass is 463 g/mol. The second kappa shape index (κ2) is 11.2. The van der Waals surface area contributed by atoms with Crippen molar-refractivity contribution in [2.45, 2.75) is 25.7 Å². The average Bonchev–Trinajstić information content (AvgIpc) is 2.89. The lowest BCUT2D eigenvalue weighted by Gasteiger charge is -2.44. The van der Waals surface area contributed by atoms with Gasteiger partial charge in [0.1, 0.15) is 29.2 Å². The molecule has 0 N–H and O–H groups in total. The van der Waals surface area contributed by atoms with Crippen molar-refractivity contribution >= 4 is 0 Å². The van der Waals surface area contributed by atoms with Crippen LogP contribution in [0, 0.1) is 0 Å². The minimum absolute atomic E-state index is 0.0218. The van der Waals surface area contributed by atoms with E-state index in [-0.39, 0.29) is 6.17 Å². The van der Waals surface area contributed by atoms with Crippen molar-refractivity contribution < 1.29 is 18.9 Å². The van der Waals surface area contributed by atoms with Crippen molar-refractivity contribution in [1.82, 2.24) is 14.8 Å². The maximum atomic E-state index is 5.68. The van der Waals surface area contributed by atoms with Crippen LogP contribution in [0.4, 0.5) is 0 Å². The molecular formula is C27H33N3O4. The first-order chi connectivity index (χ1) is 16.7. The minimum atomic E-state index is 0.0218. The summed E-state index contributed by atoms with van der Waals surface area (Å²) in [6.07, 6.45) is 2.94. The zero-order chi connectivity index (χ0) is 23.9. The molecule has 1 aliphatic heterocycles. The molecule has 1 aromatic heterocycles. The summed E-state index contributed by atoms with van der Waals surface area (Å²) >= 11 is 0. The summed E-state index contributed by atoms with van der Waals surface area (Å²) in [6.45, 7) is 3.41. The second-order valence-corrected chi connectivity index (χ2v) is 8.28. The molecule has 0 radical (unpaired) electrons. The number of methoxy groups -OCH3 is 4. The molecule has 0 aliphatic carbocycles. The molecule has 7 heteroatoms. The van der Waals surface area contributed by atoms with Gasteiger partial charge in [-0.2, -0.15) is 0 Å². The normalized spacial score (nSPS) is 15.2. The number of rotatable bonds is 9. The maximum absolute atomic E-state index is 5.68.